The van der Waals surface area contributed by atoms with E-state index in [0.717, 1.165) is 11.1 Å². The average Bonchev–Trinajstić information content (AvgIpc) is 2.07. The SMILES string of the molecule is C=C(O)c1cc(C)cc(C(C)=O)c1C. The van der Waals surface area contributed by atoms with Crippen LogP contribution in [0.15, 0.2) is 18.7 Å². The maximum absolute atomic E-state index is 11.3. The van der Waals surface area contributed by atoms with E-state index in [4.69, 9.17) is 0 Å². The van der Waals surface area contributed by atoms with Gasteiger partial charge >= 0.3 is 0 Å². The van der Waals surface area contributed by atoms with E-state index in [1.807, 2.05) is 26.0 Å². The second-order valence-corrected chi connectivity index (χ2v) is 3.49. The molecule has 0 amide bonds. The molecule has 1 N–H and O–H groups in total. The second kappa shape index (κ2) is 3.66. The molecule has 0 radical (unpaired) electrons. The van der Waals surface area contributed by atoms with Gasteiger partial charge in [0.2, 0.25) is 0 Å². The molecule has 0 bridgehead atoms. The zero-order chi connectivity index (χ0) is 10.9. The predicted molar refractivity (Wildman–Crippen MR) is 57.6 cm³/mol. The number of Topliss-reactive ketones (excluding diaryl/α,β-unsaturated/α-hetero) is 1. The Kier molecular flexibility index (Phi) is 2.75. The van der Waals surface area contributed by atoms with Gasteiger partial charge in [0.1, 0.15) is 5.76 Å². The summed E-state index contributed by atoms with van der Waals surface area (Å²) in [5.41, 5.74) is 3.03. The molecule has 0 aliphatic rings. The van der Waals surface area contributed by atoms with Gasteiger partial charge in [-0.05, 0) is 44.0 Å². The molecule has 0 unspecified atom stereocenters. The first-order valence-electron chi connectivity index (χ1n) is 4.44. The van der Waals surface area contributed by atoms with Crippen LogP contribution < -0.4 is 0 Å². The van der Waals surface area contributed by atoms with Crippen LogP contribution in [0.25, 0.3) is 5.76 Å². The van der Waals surface area contributed by atoms with Crippen LogP contribution in [0.3, 0.4) is 0 Å². The Hall–Kier alpha value is -1.57. The molecule has 0 saturated heterocycles. The molecule has 0 atom stereocenters. The van der Waals surface area contributed by atoms with Crippen LogP contribution in [0, 0.1) is 13.8 Å². The van der Waals surface area contributed by atoms with E-state index in [1.54, 1.807) is 0 Å². The van der Waals surface area contributed by atoms with Crippen LogP contribution in [0.1, 0.15) is 34.0 Å². The van der Waals surface area contributed by atoms with Crippen molar-refractivity contribution >= 4 is 11.5 Å². The van der Waals surface area contributed by atoms with Gasteiger partial charge in [-0.1, -0.05) is 6.58 Å². The smallest absolute Gasteiger partial charge is 0.160 e. The minimum Gasteiger partial charge on any atom is -0.508 e. The van der Waals surface area contributed by atoms with Crippen LogP contribution >= 0.6 is 0 Å². The molecular weight excluding hydrogens is 176 g/mol. The Morgan fingerprint density at radius 1 is 1.29 bits per heavy atom. The lowest BCUT2D eigenvalue weighted by atomic mass is 9.96. The number of benzene rings is 1. The lowest BCUT2D eigenvalue weighted by molar-refractivity contribution is 0.101. The van der Waals surface area contributed by atoms with Gasteiger partial charge in [0.05, 0.1) is 0 Å². The van der Waals surface area contributed by atoms with Crippen molar-refractivity contribution in [2.75, 3.05) is 0 Å². The first kappa shape index (κ1) is 10.5. The monoisotopic (exact) mass is 190 g/mol. The second-order valence-electron chi connectivity index (χ2n) is 3.49. The fraction of sp³-hybridized carbons (Fsp3) is 0.250. The van der Waals surface area contributed by atoms with E-state index < -0.39 is 0 Å². The maximum atomic E-state index is 11.3. The van der Waals surface area contributed by atoms with Crippen LogP contribution in [0.2, 0.25) is 0 Å². The highest BCUT2D eigenvalue weighted by Gasteiger charge is 2.10. The molecule has 0 aliphatic carbocycles. The Bertz CT molecular complexity index is 368. The molecule has 14 heavy (non-hydrogen) atoms. The van der Waals surface area contributed by atoms with Crippen molar-refractivity contribution in [1.29, 1.82) is 0 Å². The minimum atomic E-state index is 0.00806. The van der Waals surface area contributed by atoms with Crippen LogP contribution in [0.4, 0.5) is 0 Å². The first-order chi connectivity index (χ1) is 6.43. The first-order valence-corrected chi connectivity index (χ1v) is 4.44. The molecule has 0 fully saturated rings. The molecule has 0 spiro atoms. The largest absolute Gasteiger partial charge is 0.508 e. The number of carbonyl (C=O) groups is 1. The minimum absolute atomic E-state index is 0.00806. The van der Waals surface area contributed by atoms with E-state index >= 15 is 0 Å². The molecule has 1 aromatic carbocycles. The summed E-state index contributed by atoms with van der Waals surface area (Å²) in [7, 11) is 0. The Balaban J connectivity index is 3.47. The van der Waals surface area contributed by atoms with Crippen LogP contribution in [0.5, 0.6) is 0 Å². The Labute approximate surface area is 83.9 Å². The summed E-state index contributed by atoms with van der Waals surface area (Å²) < 4.78 is 0. The zero-order valence-electron chi connectivity index (χ0n) is 8.72. The van der Waals surface area contributed by atoms with Crippen molar-refractivity contribution in [3.05, 3.63) is 41.0 Å². The normalized spacial score (nSPS) is 9.93. The van der Waals surface area contributed by atoms with Gasteiger partial charge in [0, 0.05) is 11.1 Å². The molecule has 0 aromatic heterocycles. The van der Waals surface area contributed by atoms with E-state index in [-0.39, 0.29) is 11.5 Å². The van der Waals surface area contributed by atoms with Crippen LogP contribution in [-0.2, 0) is 0 Å². The van der Waals surface area contributed by atoms with Crippen molar-refractivity contribution in [1.82, 2.24) is 0 Å². The Morgan fingerprint density at radius 3 is 2.21 bits per heavy atom. The quantitative estimate of drug-likeness (QED) is 0.575. The van der Waals surface area contributed by atoms with Crippen molar-refractivity contribution < 1.29 is 9.90 Å². The molecule has 2 nitrogen and oxygen atoms in total. The standard InChI is InChI=1S/C12H14O2/c1-7-5-11(9(3)13)8(2)12(6-7)10(4)14/h5-6,13H,3H2,1-2,4H3. The van der Waals surface area contributed by atoms with Gasteiger partial charge in [-0.25, -0.2) is 0 Å². The van der Waals surface area contributed by atoms with Crippen molar-refractivity contribution in [3.63, 3.8) is 0 Å². The maximum Gasteiger partial charge on any atom is 0.160 e. The molecule has 1 rings (SSSR count). The average molecular weight is 190 g/mol. The fourth-order valence-electron chi connectivity index (χ4n) is 1.52. The number of hydrogen-bond donors (Lipinski definition) is 1. The molecule has 1 aromatic rings. The van der Waals surface area contributed by atoms with Gasteiger partial charge in [-0.3, -0.25) is 4.79 Å². The number of ketones is 1. The third-order valence-corrected chi connectivity index (χ3v) is 2.24. The Morgan fingerprint density at radius 2 is 1.79 bits per heavy atom. The van der Waals surface area contributed by atoms with E-state index in [2.05, 4.69) is 6.58 Å². The number of hydrogen-bond acceptors (Lipinski definition) is 2. The zero-order valence-corrected chi connectivity index (χ0v) is 8.72. The summed E-state index contributed by atoms with van der Waals surface area (Å²) in [5, 5.41) is 9.33. The topological polar surface area (TPSA) is 37.3 Å². The van der Waals surface area contributed by atoms with Crippen LogP contribution in [-0.4, -0.2) is 10.9 Å². The molecule has 0 saturated carbocycles. The summed E-state index contributed by atoms with van der Waals surface area (Å²) in [5.74, 6) is 0.0161. The summed E-state index contributed by atoms with van der Waals surface area (Å²) in [4.78, 5) is 11.3. The van der Waals surface area contributed by atoms with Gasteiger partial charge in [-0.15, -0.1) is 0 Å². The van der Waals surface area contributed by atoms with Gasteiger partial charge < -0.3 is 5.11 Å². The lowest BCUT2D eigenvalue weighted by Gasteiger charge is -2.09. The molecule has 2 heteroatoms. The van der Waals surface area contributed by atoms with Crippen molar-refractivity contribution in [2.24, 2.45) is 0 Å². The lowest BCUT2D eigenvalue weighted by Crippen LogP contribution is -2.00. The summed E-state index contributed by atoms with van der Waals surface area (Å²) in [6.45, 7) is 8.69. The van der Waals surface area contributed by atoms with E-state index in [0.29, 0.717) is 11.1 Å². The number of rotatable bonds is 2. The number of aliphatic hydroxyl groups is 1. The third-order valence-electron chi connectivity index (χ3n) is 2.24. The van der Waals surface area contributed by atoms with Crippen molar-refractivity contribution in [2.45, 2.75) is 20.8 Å². The highest BCUT2D eigenvalue weighted by molar-refractivity contribution is 5.96. The van der Waals surface area contributed by atoms with Gasteiger partial charge in [0.15, 0.2) is 5.78 Å². The molecule has 74 valence electrons. The number of aliphatic hydroxyl groups excluding tert-OH is 1. The van der Waals surface area contributed by atoms with Crippen molar-refractivity contribution in [3.8, 4) is 0 Å². The van der Waals surface area contributed by atoms with Gasteiger partial charge in [-0.2, -0.15) is 0 Å². The van der Waals surface area contributed by atoms with Gasteiger partial charge in [0.25, 0.3) is 0 Å². The predicted octanol–water partition coefficient (Wildman–Crippen LogP) is 3.03. The third kappa shape index (κ3) is 1.84. The molecule has 0 heterocycles. The highest BCUT2D eigenvalue weighted by atomic mass is 16.3. The summed E-state index contributed by atoms with van der Waals surface area (Å²) in [6, 6.07) is 3.65. The van der Waals surface area contributed by atoms with E-state index in [9.17, 15) is 9.90 Å². The van der Waals surface area contributed by atoms with E-state index in [1.165, 1.54) is 6.92 Å². The molecule has 0 aliphatic heterocycles. The highest BCUT2D eigenvalue weighted by Crippen LogP contribution is 2.21. The fourth-order valence-corrected chi connectivity index (χ4v) is 1.52. The molecular formula is C12H14O2. The number of aryl methyl sites for hydroxylation is 1. The summed E-state index contributed by atoms with van der Waals surface area (Å²) in [6.07, 6.45) is 0. The summed E-state index contributed by atoms with van der Waals surface area (Å²) >= 11 is 0. The number of carbonyl (C=O) groups excluding carboxylic acids is 1.